The number of carbonyl (C=O) groups excluding carboxylic acids is 2. The summed E-state index contributed by atoms with van der Waals surface area (Å²) in [6.07, 6.45) is 11.4. The minimum Gasteiger partial charge on any atom is -0.355 e. The smallest absolute Gasteiger partial charge is 0.234 e. The number of rotatable bonds is 6. The predicted octanol–water partition coefficient (Wildman–Crippen LogP) is 2.16. The molecule has 5 heteroatoms. The average Bonchev–Trinajstić information content (AvgIpc) is 2.97. The number of hydrogen-bond donors (Lipinski definition) is 1. The van der Waals surface area contributed by atoms with E-state index in [0.717, 1.165) is 51.2 Å². The molecule has 0 unspecified atom stereocenters. The summed E-state index contributed by atoms with van der Waals surface area (Å²) in [4.78, 5) is 28.6. The highest BCUT2D eigenvalue weighted by Gasteiger charge is 2.35. The van der Waals surface area contributed by atoms with Gasteiger partial charge in [0.15, 0.2) is 0 Å². The molecular weight excluding hydrogens is 302 g/mol. The quantitative estimate of drug-likeness (QED) is 0.757. The lowest BCUT2D eigenvalue weighted by molar-refractivity contribution is -0.130. The number of nitrogens with one attached hydrogen (secondary N) is 1. The number of piperidine rings is 1. The summed E-state index contributed by atoms with van der Waals surface area (Å²) >= 11 is 0. The third kappa shape index (κ3) is 4.71. The van der Waals surface area contributed by atoms with Crippen molar-refractivity contribution < 1.29 is 9.59 Å². The summed E-state index contributed by atoms with van der Waals surface area (Å²) in [5.41, 5.74) is 0. The summed E-state index contributed by atoms with van der Waals surface area (Å²) in [7, 11) is 0. The lowest BCUT2D eigenvalue weighted by Gasteiger charge is -2.37. The van der Waals surface area contributed by atoms with Gasteiger partial charge in [-0.1, -0.05) is 12.8 Å². The minimum atomic E-state index is 0.157. The molecule has 2 aliphatic heterocycles. The number of likely N-dealkylation sites (tertiary alicyclic amines) is 2. The Morgan fingerprint density at radius 3 is 2.83 bits per heavy atom. The zero-order valence-electron chi connectivity index (χ0n) is 15.0. The Bertz CT molecular complexity index is 440. The van der Waals surface area contributed by atoms with E-state index in [4.69, 9.17) is 0 Å². The first-order valence-corrected chi connectivity index (χ1v) is 10.0. The van der Waals surface area contributed by atoms with Crippen LogP contribution in [0, 0.1) is 5.92 Å². The van der Waals surface area contributed by atoms with E-state index >= 15 is 0 Å². The van der Waals surface area contributed by atoms with Gasteiger partial charge < -0.3 is 10.2 Å². The number of fused-ring (bicyclic) bond motifs is 1. The molecule has 3 fully saturated rings. The lowest BCUT2D eigenvalue weighted by atomic mass is 9.92. The molecule has 2 heterocycles. The molecule has 5 nitrogen and oxygen atoms in total. The molecule has 2 atom stereocenters. The maximum Gasteiger partial charge on any atom is 0.234 e. The lowest BCUT2D eigenvalue weighted by Crippen LogP contribution is -2.47. The van der Waals surface area contributed by atoms with Gasteiger partial charge in [0, 0.05) is 32.1 Å². The monoisotopic (exact) mass is 335 g/mol. The summed E-state index contributed by atoms with van der Waals surface area (Å²) in [6, 6.07) is 0.652. The third-order valence-corrected chi connectivity index (χ3v) is 6.05. The summed E-state index contributed by atoms with van der Waals surface area (Å²) in [5, 5.41) is 3.06. The van der Waals surface area contributed by atoms with Gasteiger partial charge in [-0.05, 0) is 57.4 Å². The number of carbonyl (C=O) groups is 2. The van der Waals surface area contributed by atoms with Crippen LogP contribution in [0.5, 0.6) is 0 Å². The SMILES string of the molecule is O=C(CN1CCC[C@H]2CCC[C@H]21)NCCCN1CCCCCC1=O. The molecule has 2 saturated heterocycles. The number of hydrogen-bond acceptors (Lipinski definition) is 3. The summed E-state index contributed by atoms with van der Waals surface area (Å²) < 4.78 is 0. The van der Waals surface area contributed by atoms with Gasteiger partial charge in [0.25, 0.3) is 0 Å². The molecule has 2 amide bonds. The molecular formula is C19H33N3O2. The fraction of sp³-hybridized carbons (Fsp3) is 0.895. The van der Waals surface area contributed by atoms with E-state index in [-0.39, 0.29) is 5.91 Å². The van der Waals surface area contributed by atoms with Gasteiger partial charge in [-0.15, -0.1) is 0 Å². The molecule has 3 aliphatic rings. The van der Waals surface area contributed by atoms with Crippen LogP contribution in [0.15, 0.2) is 0 Å². The zero-order valence-corrected chi connectivity index (χ0v) is 15.0. The molecule has 0 aromatic heterocycles. The molecule has 0 spiro atoms. The van der Waals surface area contributed by atoms with Crippen LogP contribution in [-0.2, 0) is 9.59 Å². The first kappa shape index (κ1) is 17.7. The van der Waals surface area contributed by atoms with Crippen molar-refractivity contribution in [2.75, 3.05) is 32.7 Å². The van der Waals surface area contributed by atoms with Gasteiger partial charge in [-0.3, -0.25) is 14.5 Å². The Morgan fingerprint density at radius 2 is 1.92 bits per heavy atom. The van der Waals surface area contributed by atoms with Gasteiger partial charge >= 0.3 is 0 Å². The standard InChI is InChI=1S/C19H33N3O2/c23-18(15-22-13-5-8-16-7-4-9-17(16)22)20-11-6-14-21-12-3-1-2-10-19(21)24/h16-17H,1-15H2,(H,20,23)/t16-,17-/m1/s1. The Kier molecular flexibility index (Phi) is 6.52. The maximum absolute atomic E-state index is 12.2. The van der Waals surface area contributed by atoms with Crippen LogP contribution in [0.1, 0.15) is 64.2 Å². The van der Waals surface area contributed by atoms with E-state index in [1.807, 2.05) is 4.90 Å². The second-order valence-corrected chi connectivity index (χ2v) is 7.77. The maximum atomic E-state index is 12.2. The molecule has 0 radical (unpaired) electrons. The molecule has 24 heavy (non-hydrogen) atoms. The van der Waals surface area contributed by atoms with Crippen LogP contribution in [0.3, 0.4) is 0 Å². The highest BCUT2D eigenvalue weighted by atomic mass is 16.2. The predicted molar refractivity (Wildman–Crippen MR) is 94.6 cm³/mol. The molecule has 136 valence electrons. The summed E-state index contributed by atoms with van der Waals surface area (Å²) in [6.45, 7) is 4.00. The van der Waals surface area contributed by atoms with Crippen molar-refractivity contribution in [2.24, 2.45) is 5.92 Å². The molecule has 0 aromatic carbocycles. The fourth-order valence-corrected chi connectivity index (χ4v) is 4.77. The topological polar surface area (TPSA) is 52.7 Å². The Morgan fingerprint density at radius 1 is 1.04 bits per heavy atom. The van der Waals surface area contributed by atoms with Crippen LogP contribution in [0.2, 0.25) is 0 Å². The van der Waals surface area contributed by atoms with Crippen molar-refractivity contribution in [3.8, 4) is 0 Å². The van der Waals surface area contributed by atoms with Crippen LogP contribution in [0.4, 0.5) is 0 Å². The second-order valence-electron chi connectivity index (χ2n) is 7.77. The zero-order chi connectivity index (χ0) is 16.8. The van der Waals surface area contributed by atoms with E-state index in [2.05, 4.69) is 10.2 Å². The first-order chi connectivity index (χ1) is 11.7. The molecule has 1 saturated carbocycles. The van der Waals surface area contributed by atoms with Gasteiger partial charge in [0.1, 0.15) is 0 Å². The Labute approximate surface area is 146 Å². The first-order valence-electron chi connectivity index (χ1n) is 10.0. The Hall–Kier alpha value is -1.10. The van der Waals surface area contributed by atoms with E-state index in [0.29, 0.717) is 31.5 Å². The van der Waals surface area contributed by atoms with Crippen molar-refractivity contribution in [1.82, 2.24) is 15.1 Å². The molecule has 0 aromatic rings. The van der Waals surface area contributed by atoms with E-state index < -0.39 is 0 Å². The molecule has 0 bridgehead atoms. The molecule has 1 N–H and O–H groups in total. The fourth-order valence-electron chi connectivity index (χ4n) is 4.77. The average molecular weight is 335 g/mol. The van der Waals surface area contributed by atoms with Crippen LogP contribution in [-0.4, -0.2) is 60.4 Å². The van der Waals surface area contributed by atoms with Crippen molar-refractivity contribution >= 4 is 11.8 Å². The Balaban J connectivity index is 1.33. The molecule has 1 aliphatic carbocycles. The minimum absolute atomic E-state index is 0.157. The van der Waals surface area contributed by atoms with Gasteiger partial charge in [-0.25, -0.2) is 0 Å². The van der Waals surface area contributed by atoms with E-state index in [1.54, 1.807) is 0 Å². The van der Waals surface area contributed by atoms with Crippen LogP contribution in [0.25, 0.3) is 0 Å². The third-order valence-electron chi connectivity index (χ3n) is 6.05. The largest absolute Gasteiger partial charge is 0.355 e. The van der Waals surface area contributed by atoms with E-state index in [9.17, 15) is 9.59 Å². The molecule has 3 rings (SSSR count). The highest BCUT2D eigenvalue weighted by molar-refractivity contribution is 5.78. The second kappa shape index (κ2) is 8.84. The van der Waals surface area contributed by atoms with Crippen molar-refractivity contribution in [3.63, 3.8) is 0 Å². The van der Waals surface area contributed by atoms with E-state index in [1.165, 1.54) is 32.1 Å². The van der Waals surface area contributed by atoms with Crippen molar-refractivity contribution in [1.29, 1.82) is 0 Å². The van der Waals surface area contributed by atoms with Gasteiger partial charge in [0.05, 0.1) is 6.54 Å². The number of nitrogens with zero attached hydrogens (tertiary/aromatic N) is 2. The summed E-state index contributed by atoms with van der Waals surface area (Å²) in [5.74, 6) is 1.28. The van der Waals surface area contributed by atoms with Crippen molar-refractivity contribution in [2.45, 2.75) is 70.3 Å². The van der Waals surface area contributed by atoms with Crippen molar-refractivity contribution in [3.05, 3.63) is 0 Å². The highest BCUT2D eigenvalue weighted by Crippen LogP contribution is 2.36. The number of amides is 2. The van der Waals surface area contributed by atoms with Gasteiger partial charge in [0.2, 0.25) is 11.8 Å². The normalized spacial score (nSPS) is 28.5. The van der Waals surface area contributed by atoms with Gasteiger partial charge in [-0.2, -0.15) is 0 Å². The van der Waals surface area contributed by atoms with Crippen LogP contribution < -0.4 is 5.32 Å². The van der Waals surface area contributed by atoms with Crippen LogP contribution >= 0.6 is 0 Å².